The maximum absolute atomic E-state index is 12.7. The molecule has 0 spiro atoms. The van der Waals surface area contributed by atoms with Gasteiger partial charge in [0.05, 0.1) is 5.02 Å². The van der Waals surface area contributed by atoms with Crippen LogP contribution in [0, 0.1) is 0 Å². The molecule has 9 heteroatoms. The molecule has 1 N–H and O–H groups in total. The Morgan fingerprint density at radius 3 is 2.84 bits per heavy atom. The van der Waals surface area contributed by atoms with Crippen molar-refractivity contribution in [3.05, 3.63) is 69.2 Å². The van der Waals surface area contributed by atoms with Gasteiger partial charge in [0.1, 0.15) is 12.4 Å². The highest BCUT2D eigenvalue weighted by Gasteiger charge is 2.21. The first-order valence-electron chi connectivity index (χ1n) is 10.4. The third-order valence-corrected chi connectivity index (χ3v) is 6.30. The maximum atomic E-state index is 12.7. The molecule has 4 rings (SSSR count). The van der Waals surface area contributed by atoms with Crippen LogP contribution in [0.5, 0.6) is 5.75 Å². The van der Waals surface area contributed by atoms with Crippen LogP contribution in [-0.4, -0.2) is 33.5 Å². The summed E-state index contributed by atoms with van der Waals surface area (Å²) < 4.78 is 5.66. The van der Waals surface area contributed by atoms with E-state index in [4.69, 9.17) is 16.3 Å². The van der Waals surface area contributed by atoms with Crippen molar-refractivity contribution in [2.24, 2.45) is 0 Å². The summed E-state index contributed by atoms with van der Waals surface area (Å²) in [6.07, 6.45) is 2.16. The molecule has 3 aromatic rings. The first-order chi connectivity index (χ1) is 15.5. The van der Waals surface area contributed by atoms with E-state index in [9.17, 15) is 9.59 Å². The largest absolute Gasteiger partial charge is 0.485 e. The van der Waals surface area contributed by atoms with Gasteiger partial charge in [0.25, 0.3) is 5.91 Å². The molecule has 0 radical (unpaired) electrons. The number of benzene rings is 2. The highest BCUT2D eigenvalue weighted by atomic mass is 35.5. The monoisotopic (exact) mass is 470 g/mol. The lowest BCUT2D eigenvalue weighted by molar-refractivity contribution is -0.132. The van der Waals surface area contributed by atoms with Gasteiger partial charge in [-0.1, -0.05) is 48.1 Å². The fraction of sp³-hybridized carbons (Fsp3) is 0.304. The molecule has 32 heavy (non-hydrogen) atoms. The fourth-order valence-corrected chi connectivity index (χ4v) is 4.35. The quantitative estimate of drug-likeness (QED) is 0.540. The summed E-state index contributed by atoms with van der Waals surface area (Å²) in [6, 6.07) is 12.8. The molecule has 0 atom stereocenters. The number of hydrogen-bond acceptors (Lipinski definition) is 6. The Kier molecular flexibility index (Phi) is 7.02. The number of halogens is 1. The Hall–Kier alpha value is -2.97. The molecule has 2 aromatic carbocycles. The molecule has 0 saturated heterocycles. The number of para-hydroxylation sites is 1. The second-order valence-electron chi connectivity index (χ2n) is 7.47. The summed E-state index contributed by atoms with van der Waals surface area (Å²) in [5.74, 6) is 0.511. The Balaban J connectivity index is 1.36. The van der Waals surface area contributed by atoms with E-state index in [2.05, 4.69) is 15.5 Å². The fourth-order valence-electron chi connectivity index (χ4n) is 3.51. The number of rotatable bonds is 7. The summed E-state index contributed by atoms with van der Waals surface area (Å²) in [4.78, 5) is 26.8. The van der Waals surface area contributed by atoms with E-state index < -0.39 is 0 Å². The lowest BCUT2D eigenvalue weighted by Crippen LogP contribution is -2.35. The van der Waals surface area contributed by atoms with Gasteiger partial charge >= 0.3 is 0 Å². The average molecular weight is 471 g/mol. The summed E-state index contributed by atoms with van der Waals surface area (Å²) in [5, 5.41) is 12.5. The van der Waals surface area contributed by atoms with Gasteiger partial charge in [-0.05, 0) is 48.2 Å². The Morgan fingerprint density at radius 2 is 2.03 bits per heavy atom. The van der Waals surface area contributed by atoms with Gasteiger partial charge in [0.2, 0.25) is 11.0 Å². The minimum Gasteiger partial charge on any atom is -0.485 e. The molecule has 2 amide bonds. The van der Waals surface area contributed by atoms with E-state index in [0.717, 1.165) is 24.0 Å². The van der Waals surface area contributed by atoms with E-state index in [0.29, 0.717) is 46.0 Å². The molecular formula is C23H23ClN4O3S. The van der Waals surface area contributed by atoms with Crippen LogP contribution in [0.3, 0.4) is 0 Å². The van der Waals surface area contributed by atoms with Gasteiger partial charge in [-0.2, -0.15) is 0 Å². The Bertz CT molecular complexity index is 1130. The van der Waals surface area contributed by atoms with Crippen molar-refractivity contribution < 1.29 is 14.3 Å². The molecule has 2 heterocycles. The van der Waals surface area contributed by atoms with Crippen LogP contribution in [-0.2, 0) is 24.4 Å². The van der Waals surface area contributed by atoms with Gasteiger partial charge in [-0.15, -0.1) is 10.2 Å². The van der Waals surface area contributed by atoms with Crippen LogP contribution >= 0.6 is 22.9 Å². The van der Waals surface area contributed by atoms with Crippen molar-refractivity contribution in [2.75, 3.05) is 11.9 Å². The van der Waals surface area contributed by atoms with E-state index in [1.54, 1.807) is 18.2 Å². The van der Waals surface area contributed by atoms with Crippen LogP contribution in [0.15, 0.2) is 42.5 Å². The lowest BCUT2D eigenvalue weighted by atomic mass is 9.96. The Labute approximate surface area is 195 Å². The molecule has 166 valence electrons. The first-order valence-corrected chi connectivity index (χ1v) is 11.6. The van der Waals surface area contributed by atoms with E-state index in [-0.39, 0.29) is 18.4 Å². The maximum Gasteiger partial charge on any atom is 0.257 e. The number of hydrogen-bond donors (Lipinski definition) is 1. The third-order valence-electron chi connectivity index (χ3n) is 5.17. The number of nitrogens with one attached hydrogen (secondary N) is 1. The van der Waals surface area contributed by atoms with E-state index >= 15 is 0 Å². The summed E-state index contributed by atoms with van der Waals surface area (Å²) in [7, 11) is 0. The standard InChI is InChI=1S/C23H23ClN4O3S/c1-2-5-21(29)28-11-10-15-12-16(8-9-17(15)13-28)22(30)25-23-27-26-20(32-23)14-31-19-7-4-3-6-18(19)24/h3-4,6-9,12H,2,5,10-11,13-14H2,1H3,(H,25,27,30). The molecule has 1 aromatic heterocycles. The number of carbonyl (C=O) groups excluding carboxylic acids is 2. The topological polar surface area (TPSA) is 84.4 Å². The predicted molar refractivity (Wildman–Crippen MR) is 124 cm³/mol. The van der Waals surface area contributed by atoms with Crippen LogP contribution in [0.25, 0.3) is 0 Å². The average Bonchev–Trinajstić information content (AvgIpc) is 3.25. The van der Waals surface area contributed by atoms with Crippen molar-refractivity contribution >= 4 is 39.9 Å². The SMILES string of the molecule is CCCC(=O)N1CCc2cc(C(=O)Nc3nnc(COc4ccccc4Cl)s3)ccc2C1. The normalized spacial score (nSPS) is 12.9. The highest BCUT2D eigenvalue weighted by Crippen LogP contribution is 2.26. The van der Waals surface area contributed by atoms with Crippen LogP contribution in [0.4, 0.5) is 5.13 Å². The zero-order valence-electron chi connectivity index (χ0n) is 17.6. The van der Waals surface area contributed by atoms with Crippen LogP contribution in [0.1, 0.15) is 46.3 Å². The number of carbonyl (C=O) groups is 2. The minimum atomic E-state index is -0.244. The Morgan fingerprint density at radius 1 is 1.19 bits per heavy atom. The number of aromatic nitrogens is 2. The van der Waals surface area contributed by atoms with E-state index in [1.807, 2.05) is 36.1 Å². The first kappa shape index (κ1) is 22.2. The third kappa shape index (κ3) is 5.26. The predicted octanol–water partition coefficient (Wildman–Crippen LogP) is 4.71. The minimum absolute atomic E-state index is 0.186. The smallest absolute Gasteiger partial charge is 0.257 e. The molecule has 1 aliphatic rings. The lowest BCUT2D eigenvalue weighted by Gasteiger charge is -2.29. The van der Waals surface area contributed by atoms with Crippen molar-refractivity contribution in [2.45, 2.75) is 39.3 Å². The molecule has 0 bridgehead atoms. The summed E-state index contributed by atoms with van der Waals surface area (Å²) in [5.41, 5.74) is 2.75. The summed E-state index contributed by atoms with van der Waals surface area (Å²) in [6.45, 7) is 3.50. The van der Waals surface area contributed by atoms with Crippen molar-refractivity contribution in [1.82, 2.24) is 15.1 Å². The zero-order chi connectivity index (χ0) is 22.5. The number of anilines is 1. The molecule has 0 aliphatic carbocycles. The molecule has 0 fully saturated rings. The van der Waals surface area contributed by atoms with Crippen LogP contribution < -0.4 is 10.1 Å². The van der Waals surface area contributed by atoms with Crippen molar-refractivity contribution in [3.63, 3.8) is 0 Å². The van der Waals surface area contributed by atoms with Crippen LogP contribution in [0.2, 0.25) is 5.02 Å². The van der Waals surface area contributed by atoms with Gasteiger partial charge < -0.3 is 9.64 Å². The molecule has 0 saturated carbocycles. The van der Waals surface area contributed by atoms with Crippen molar-refractivity contribution in [3.8, 4) is 5.75 Å². The zero-order valence-corrected chi connectivity index (χ0v) is 19.2. The van der Waals surface area contributed by atoms with E-state index in [1.165, 1.54) is 11.3 Å². The number of amides is 2. The summed E-state index contributed by atoms with van der Waals surface area (Å²) >= 11 is 7.34. The molecule has 1 aliphatic heterocycles. The number of ether oxygens (including phenoxy) is 1. The molecule has 7 nitrogen and oxygen atoms in total. The van der Waals surface area contributed by atoms with Gasteiger partial charge in [-0.3, -0.25) is 14.9 Å². The number of nitrogens with zero attached hydrogens (tertiary/aromatic N) is 3. The van der Waals surface area contributed by atoms with Gasteiger partial charge in [0.15, 0.2) is 5.01 Å². The van der Waals surface area contributed by atoms with Gasteiger partial charge in [-0.25, -0.2) is 0 Å². The van der Waals surface area contributed by atoms with Crippen molar-refractivity contribution in [1.29, 1.82) is 0 Å². The number of fused-ring (bicyclic) bond motifs is 1. The molecular weight excluding hydrogens is 448 g/mol. The van der Waals surface area contributed by atoms with Gasteiger partial charge in [0, 0.05) is 25.1 Å². The molecule has 0 unspecified atom stereocenters. The highest BCUT2D eigenvalue weighted by molar-refractivity contribution is 7.15. The second-order valence-corrected chi connectivity index (χ2v) is 8.94. The second kappa shape index (κ2) is 10.1.